The minimum atomic E-state index is -2.87. The number of pyridine rings is 1. The smallest absolute Gasteiger partial charge is 0.278 e. The maximum atomic E-state index is 13.3. The average Bonchev–Trinajstić information content (AvgIpc) is 2.22. The van der Waals surface area contributed by atoms with E-state index in [9.17, 15) is 18.0 Å². The highest BCUT2D eigenvalue weighted by molar-refractivity contribution is 6.35. The van der Waals surface area contributed by atoms with Crippen molar-refractivity contribution in [3.05, 3.63) is 45.0 Å². The number of aromatic amines is 1. The van der Waals surface area contributed by atoms with E-state index in [-0.39, 0.29) is 15.9 Å². The van der Waals surface area contributed by atoms with Gasteiger partial charge >= 0.3 is 0 Å². The van der Waals surface area contributed by atoms with Crippen LogP contribution in [0.2, 0.25) is 5.02 Å². The molecule has 0 saturated heterocycles. The van der Waals surface area contributed by atoms with Crippen LogP contribution in [0.15, 0.2) is 23.0 Å². The van der Waals surface area contributed by atoms with E-state index in [2.05, 4.69) is 4.98 Å². The predicted molar refractivity (Wildman–Crippen MR) is 54.5 cm³/mol. The predicted octanol–water partition coefficient (Wildman–Crippen LogP) is 3.26. The van der Waals surface area contributed by atoms with Crippen LogP contribution in [0.4, 0.5) is 13.2 Å². The van der Waals surface area contributed by atoms with E-state index in [1.807, 2.05) is 0 Å². The SMILES string of the molecule is O=c1cc(C(F)F)[nH]c2c(F)ccc(Cl)c12. The van der Waals surface area contributed by atoms with Gasteiger partial charge in [0.1, 0.15) is 5.82 Å². The Balaban J connectivity index is 2.92. The van der Waals surface area contributed by atoms with E-state index < -0.39 is 23.4 Å². The summed E-state index contributed by atoms with van der Waals surface area (Å²) in [5, 5.41) is -0.0930. The summed E-state index contributed by atoms with van der Waals surface area (Å²) in [6.07, 6.45) is -2.87. The zero-order chi connectivity index (χ0) is 11.9. The van der Waals surface area contributed by atoms with Crippen LogP contribution in [0.5, 0.6) is 0 Å². The maximum absolute atomic E-state index is 13.3. The highest BCUT2D eigenvalue weighted by Gasteiger charge is 2.14. The number of H-pyrrole nitrogens is 1. The summed E-state index contributed by atoms with van der Waals surface area (Å²) in [4.78, 5) is 13.6. The van der Waals surface area contributed by atoms with E-state index in [1.54, 1.807) is 0 Å². The van der Waals surface area contributed by atoms with Crippen LogP contribution in [-0.4, -0.2) is 4.98 Å². The molecule has 1 aromatic carbocycles. The molecule has 2 aromatic rings. The van der Waals surface area contributed by atoms with Crippen LogP contribution in [0.25, 0.3) is 10.9 Å². The Labute approximate surface area is 92.7 Å². The molecule has 1 heterocycles. The minimum absolute atomic E-state index is 0.0264. The van der Waals surface area contributed by atoms with Gasteiger partial charge in [0.25, 0.3) is 6.43 Å². The third-order valence-electron chi connectivity index (χ3n) is 2.14. The van der Waals surface area contributed by atoms with E-state index in [4.69, 9.17) is 11.6 Å². The molecule has 0 amide bonds. The molecule has 0 fully saturated rings. The highest BCUT2D eigenvalue weighted by Crippen LogP contribution is 2.24. The van der Waals surface area contributed by atoms with Gasteiger partial charge in [-0.1, -0.05) is 11.6 Å². The molecule has 0 aliphatic rings. The Hall–Kier alpha value is -1.49. The van der Waals surface area contributed by atoms with Gasteiger partial charge in [0, 0.05) is 6.07 Å². The number of hydrogen-bond acceptors (Lipinski definition) is 1. The molecule has 2 nitrogen and oxygen atoms in total. The quantitative estimate of drug-likeness (QED) is 0.824. The van der Waals surface area contributed by atoms with Crippen molar-refractivity contribution in [2.45, 2.75) is 6.43 Å². The zero-order valence-electron chi connectivity index (χ0n) is 7.73. The second kappa shape index (κ2) is 3.83. The first kappa shape index (κ1) is 11.0. The van der Waals surface area contributed by atoms with Gasteiger partial charge in [-0.15, -0.1) is 0 Å². The molecule has 0 saturated carbocycles. The van der Waals surface area contributed by atoms with Crippen molar-refractivity contribution < 1.29 is 13.2 Å². The molecule has 0 spiro atoms. The van der Waals surface area contributed by atoms with Crippen molar-refractivity contribution in [2.24, 2.45) is 0 Å². The van der Waals surface area contributed by atoms with Crippen LogP contribution >= 0.6 is 11.6 Å². The summed E-state index contributed by atoms with van der Waals surface area (Å²) >= 11 is 5.69. The lowest BCUT2D eigenvalue weighted by atomic mass is 10.2. The number of alkyl halides is 2. The summed E-state index contributed by atoms with van der Waals surface area (Å²) in [5.74, 6) is -0.793. The average molecular weight is 248 g/mol. The van der Waals surface area contributed by atoms with Gasteiger partial charge in [-0.25, -0.2) is 13.2 Å². The third-order valence-corrected chi connectivity index (χ3v) is 2.46. The number of aromatic nitrogens is 1. The monoisotopic (exact) mass is 247 g/mol. The van der Waals surface area contributed by atoms with Gasteiger partial charge < -0.3 is 4.98 Å². The third kappa shape index (κ3) is 1.67. The lowest BCUT2D eigenvalue weighted by Gasteiger charge is -2.05. The molecule has 0 aliphatic heterocycles. The number of halogens is 4. The molecule has 0 radical (unpaired) electrons. The standard InChI is InChI=1S/C10H5ClF3NO/c11-4-1-2-5(12)9-8(4)7(16)3-6(15-9)10(13)14/h1-3,10H,(H,15,16). The summed E-state index contributed by atoms with van der Waals surface area (Å²) < 4.78 is 38.1. The number of hydrogen-bond donors (Lipinski definition) is 1. The maximum Gasteiger partial charge on any atom is 0.278 e. The number of fused-ring (bicyclic) bond motifs is 1. The Morgan fingerprint density at radius 2 is 2.00 bits per heavy atom. The molecule has 1 aromatic heterocycles. The van der Waals surface area contributed by atoms with E-state index >= 15 is 0 Å². The van der Waals surface area contributed by atoms with E-state index in [0.717, 1.165) is 12.1 Å². The largest absolute Gasteiger partial charge is 0.351 e. The van der Waals surface area contributed by atoms with E-state index in [1.165, 1.54) is 6.07 Å². The van der Waals surface area contributed by atoms with Gasteiger partial charge in [0.05, 0.1) is 21.6 Å². The second-order valence-corrected chi connectivity index (χ2v) is 3.58. The lowest BCUT2D eigenvalue weighted by Crippen LogP contribution is -2.07. The fourth-order valence-corrected chi connectivity index (χ4v) is 1.68. The first-order valence-electron chi connectivity index (χ1n) is 4.30. The number of nitrogens with one attached hydrogen (secondary N) is 1. The molecular weight excluding hydrogens is 243 g/mol. The van der Waals surface area contributed by atoms with Crippen LogP contribution in [0.3, 0.4) is 0 Å². The molecule has 0 aliphatic carbocycles. The van der Waals surface area contributed by atoms with Gasteiger partial charge in [0.15, 0.2) is 5.43 Å². The van der Waals surface area contributed by atoms with Crippen molar-refractivity contribution in [3.8, 4) is 0 Å². The Morgan fingerprint density at radius 1 is 1.31 bits per heavy atom. The molecule has 2 rings (SSSR count). The molecule has 84 valence electrons. The number of benzene rings is 1. The van der Waals surface area contributed by atoms with Crippen LogP contribution < -0.4 is 5.43 Å². The van der Waals surface area contributed by atoms with Gasteiger partial charge in [0.2, 0.25) is 0 Å². The summed E-state index contributed by atoms with van der Waals surface area (Å²) in [6, 6.07) is 2.94. The normalized spacial score (nSPS) is 11.3. The Morgan fingerprint density at radius 3 is 2.62 bits per heavy atom. The topological polar surface area (TPSA) is 32.9 Å². The number of rotatable bonds is 1. The summed E-state index contributed by atoms with van der Waals surface area (Å²) in [7, 11) is 0. The minimum Gasteiger partial charge on any atom is -0.351 e. The van der Waals surface area contributed by atoms with E-state index in [0.29, 0.717) is 0 Å². The van der Waals surface area contributed by atoms with Crippen LogP contribution in [-0.2, 0) is 0 Å². The molecule has 0 bridgehead atoms. The molecule has 1 N–H and O–H groups in total. The van der Waals surface area contributed by atoms with Crippen LogP contribution in [0.1, 0.15) is 12.1 Å². The summed E-state index contributed by atoms with van der Waals surface area (Å²) in [5.41, 5.74) is -1.65. The van der Waals surface area contributed by atoms with Gasteiger partial charge in [-0.2, -0.15) is 0 Å². The van der Waals surface area contributed by atoms with Crippen molar-refractivity contribution in [1.82, 2.24) is 4.98 Å². The summed E-state index contributed by atoms with van der Waals surface area (Å²) in [6.45, 7) is 0. The van der Waals surface area contributed by atoms with Gasteiger partial charge in [-0.3, -0.25) is 4.79 Å². The van der Waals surface area contributed by atoms with Crippen molar-refractivity contribution in [2.75, 3.05) is 0 Å². The molecular formula is C10H5ClF3NO. The van der Waals surface area contributed by atoms with Crippen molar-refractivity contribution >= 4 is 22.5 Å². The Bertz CT molecular complexity index is 609. The first-order chi connectivity index (χ1) is 7.50. The van der Waals surface area contributed by atoms with Crippen molar-refractivity contribution in [3.63, 3.8) is 0 Å². The Kier molecular flexibility index (Phi) is 2.63. The molecule has 0 atom stereocenters. The van der Waals surface area contributed by atoms with Crippen LogP contribution in [0, 0.1) is 5.82 Å². The molecule has 6 heteroatoms. The molecule has 0 unspecified atom stereocenters. The molecule has 16 heavy (non-hydrogen) atoms. The first-order valence-corrected chi connectivity index (χ1v) is 4.67. The van der Waals surface area contributed by atoms with Crippen molar-refractivity contribution in [1.29, 1.82) is 0 Å². The fraction of sp³-hybridized carbons (Fsp3) is 0.100. The second-order valence-electron chi connectivity index (χ2n) is 3.17. The fourth-order valence-electron chi connectivity index (χ4n) is 1.43. The van der Waals surface area contributed by atoms with Gasteiger partial charge in [-0.05, 0) is 12.1 Å². The highest BCUT2D eigenvalue weighted by atomic mass is 35.5. The lowest BCUT2D eigenvalue weighted by molar-refractivity contribution is 0.146. The zero-order valence-corrected chi connectivity index (χ0v) is 8.49.